The molecule has 2 atom stereocenters. The number of hydrogen-bond donors (Lipinski definition) is 0. The lowest BCUT2D eigenvalue weighted by atomic mass is 9.77. The van der Waals surface area contributed by atoms with Crippen LogP contribution < -0.4 is 0 Å². The van der Waals surface area contributed by atoms with Crippen molar-refractivity contribution in [2.75, 3.05) is 0 Å². The van der Waals surface area contributed by atoms with E-state index in [0.29, 0.717) is 19.3 Å². The minimum Gasteiger partial charge on any atom is -0.211 e. The van der Waals surface area contributed by atoms with Crippen LogP contribution >= 0.6 is 0 Å². The number of isocyanates is 3. The third-order valence-electron chi connectivity index (χ3n) is 3.05. The van der Waals surface area contributed by atoms with E-state index in [2.05, 4.69) is 15.0 Å². The van der Waals surface area contributed by atoms with Crippen LogP contribution in [-0.2, 0) is 14.4 Å². The van der Waals surface area contributed by atoms with Gasteiger partial charge in [0.1, 0.15) is 0 Å². The minimum absolute atomic E-state index is 0.314. The summed E-state index contributed by atoms with van der Waals surface area (Å²) in [6.45, 7) is 1.74. The van der Waals surface area contributed by atoms with Crippen LogP contribution in [0.4, 0.5) is 0 Å². The second kappa shape index (κ2) is 5.29. The molecule has 0 saturated heterocycles. The topological polar surface area (TPSA) is 88.3 Å². The van der Waals surface area contributed by atoms with Gasteiger partial charge < -0.3 is 0 Å². The van der Waals surface area contributed by atoms with Crippen molar-refractivity contribution in [1.29, 1.82) is 0 Å². The fourth-order valence-electron chi connectivity index (χ4n) is 2.10. The summed E-state index contributed by atoms with van der Waals surface area (Å²) in [5.74, 6) is -0.314. The van der Waals surface area contributed by atoms with E-state index in [-0.39, 0.29) is 12.0 Å². The highest BCUT2D eigenvalue weighted by Gasteiger charge is 2.44. The SMILES string of the molecule is CC1C(N=C=O)CCCC1(N=C=O)N=C=O. The molecule has 0 radical (unpaired) electrons. The first kappa shape index (κ1) is 12.2. The van der Waals surface area contributed by atoms with Gasteiger partial charge in [-0.1, -0.05) is 6.92 Å². The summed E-state index contributed by atoms with van der Waals surface area (Å²) in [4.78, 5) is 41.8. The third kappa shape index (κ3) is 2.20. The second-order valence-electron chi connectivity index (χ2n) is 3.75. The van der Waals surface area contributed by atoms with Gasteiger partial charge in [-0.3, -0.25) is 0 Å². The molecule has 0 aromatic heterocycles. The van der Waals surface area contributed by atoms with E-state index in [1.165, 1.54) is 18.2 Å². The van der Waals surface area contributed by atoms with Gasteiger partial charge in [0.15, 0.2) is 5.66 Å². The Bertz CT molecular complexity index is 384. The monoisotopic (exact) mass is 221 g/mol. The highest BCUT2D eigenvalue weighted by molar-refractivity contribution is 5.40. The molecule has 6 nitrogen and oxygen atoms in total. The largest absolute Gasteiger partial charge is 0.237 e. The Balaban J connectivity index is 3.12. The van der Waals surface area contributed by atoms with Gasteiger partial charge in [-0.15, -0.1) is 0 Å². The maximum atomic E-state index is 10.4. The van der Waals surface area contributed by atoms with Crippen LogP contribution in [0.1, 0.15) is 26.2 Å². The van der Waals surface area contributed by atoms with Crippen molar-refractivity contribution in [3.63, 3.8) is 0 Å². The van der Waals surface area contributed by atoms with E-state index in [9.17, 15) is 14.4 Å². The molecule has 0 amide bonds. The molecule has 6 heteroatoms. The predicted molar refractivity (Wildman–Crippen MR) is 53.9 cm³/mol. The average molecular weight is 221 g/mol. The van der Waals surface area contributed by atoms with Crippen LogP contribution in [0.15, 0.2) is 15.0 Å². The van der Waals surface area contributed by atoms with Gasteiger partial charge in [0, 0.05) is 5.92 Å². The normalized spacial score (nSPS) is 32.8. The summed E-state index contributed by atoms with van der Waals surface area (Å²) in [5.41, 5.74) is -1.16. The molecule has 0 aliphatic heterocycles. The molecule has 16 heavy (non-hydrogen) atoms. The third-order valence-corrected chi connectivity index (χ3v) is 3.05. The lowest BCUT2D eigenvalue weighted by molar-refractivity contribution is 0.189. The van der Waals surface area contributed by atoms with Gasteiger partial charge in [0.05, 0.1) is 6.04 Å². The van der Waals surface area contributed by atoms with Gasteiger partial charge >= 0.3 is 0 Å². The number of nitrogens with zero attached hydrogens (tertiary/aromatic N) is 3. The van der Waals surface area contributed by atoms with E-state index < -0.39 is 5.66 Å². The number of hydrogen-bond acceptors (Lipinski definition) is 6. The molecule has 1 saturated carbocycles. The van der Waals surface area contributed by atoms with Gasteiger partial charge in [-0.2, -0.15) is 9.98 Å². The van der Waals surface area contributed by atoms with E-state index in [1.54, 1.807) is 6.92 Å². The van der Waals surface area contributed by atoms with Crippen molar-refractivity contribution >= 4 is 18.2 Å². The highest BCUT2D eigenvalue weighted by Crippen LogP contribution is 2.38. The van der Waals surface area contributed by atoms with Crippen molar-refractivity contribution in [3.8, 4) is 0 Å². The summed E-state index contributed by atoms with van der Waals surface area (Å²) < 4.78 is 0. The minimum atomic E-state index is -1.16. The van der Waals surface area contributed by atoms with Crippen molar-refractivity contribution in [3.05, 3.63) is 0 Å². The van der Waals surface area contributed by atoms with Crippen molar-refractivity contribution < 1.29 is 14.4 Å². The fraction of sp³-hybridized carbons (Fsp3) is 0.700. The molecule has 2 unspecified atom stereocenters. The summed E-state index contributed by atoms with van der Waals surface area (Å²) in [7, 11) is 0. The quantitative estimate of drug-likeness (QED) is 0.523. The van der Waals surface area contributed by atoms with Crippen LogP contribution in [0.3, 0.4) is 0 Å². The fourth-order valence-corrected chi connectivity index (χ4v) is 2.10. The summed E-state index contributed by atoms with van der Waals surface area (Å²) in [6.07, 6.45) is 6.16. The van der Waals surface area contributed by atoms with Crippen LogP contribution in [0.2, 0.25) is 0 Å². The molecule has 0 heterocycles. The Labute approximate surface area is 92.2 Å². The Morgan fingerprint density at radius 3 is 2.25 bits per heavy atom. The molecular formula is C10H11N3O3. The van der Waals surface area contributed by atoms with Gasteiger partial charge in [0.25, 0.3) is 0 Å². The average Bonchev–Trinajstić information content (AvgIpc) is 2.26. The Hall–Kier alpha value is -1.86. The summed E-state index contributed by atoms with van der Waals surface area (Å²) in [5, 5.41) is 0. The molecule has 1 aliphatic rings. The van der Waals surface area contributed by atoms with Crippen molar-refractivity contribution in [2.24, 2.45) is 20.9 Å². The Morgan fingerprint density at radius 1 is 1.12 bits per heavy atom. The van der Waals surface area contributed by atoms with E-state index in [1.807, 2.05) is 0 Å². The predicted octanol–water partition coefficient (Wildman–Crippen LogP) is 0.879. The standard InChI is InChI=1S/C10H11N3O3/c1-8-9(11-5-14)3-2-4-10(8,12-6-15)13-7-16/h8-9H,2-4H2,1H3. The first-order valence-electron chi connectivity index (χ1n) is 4.95. The molecule has 1 fully saturated rings. The van der Waals surface area contributed by atoms with Crippen molar-refractivity contribution in [2.45, 2.75) is 37.9 Å². The molecule has 0 spiro atoms. The van der Waals surface area contributed by atoms with Gasteiger partial charge in [-0.25, -0.2) is 19.4 Å². The van der Waals surface area contributed by atoms with Crippen LogP contribution in [0, 0.1) is 5.92 Å². The number of carbonyl (C=O) groups excluding carboxylic acids is 3. The van der Waals surface area contributed by atoms with Crippen molar-refractivity contribution in [1.82, 2.24) is 0 Å². The smallest absolute Gasteiger partial charge is 0.211 e. The van der Waals surface area contributed by atoms with Gasteiger partial charge in [0.2, 0.25) is 18.2 Å². The molecule has 84 valence electrons. The maximum Gasteiger partial charge on any atom is 0.237 e. The lowest BCUT2D eigenvalue weighted by Gasteiger charge is -2.36. The number of aliphatic imine (C=N–C) groups is 3. The van der Waals surface area contributed by atoms with Crippen LogP contribution in [-0.4, -0.2) is 29.9 Å². The molecular weight excluding hydrogens is 210 g/mol. The number of rotatable bonds is 3. The lowest BCUT2D eigenvalue weighted by Crippen LogP contribution is -2.42. The highest BCUT2D eigenvalue weighted by atomic mass is 16.1. The molecule has 1 rings (SSSR count). The zero-order valence-electron chi connectivity index (χ0n) is 8.84. The van der Waals surface area contributed by atoms with Gasteiger partial charge in [-0.05, 0) is 19.3 Å². The molecule has 0 N–H and O–H groups in total. The Morgan fingerprint density at radius 2 is 1.75 bits per heavy atom. The molecule has 0 aromatic carbocycles. The summed E-state index contributed by atoms with van der Waals surface area (Å²) in [6, 6.07) is -0.319. The molecule has 1 aliphatic carbocycles. The second-order valence-corrected chi connectivity index (χ2v) is 3.75. The Kier molecular flexibility index (Phi) is 4.03. The van der Waals surface area contributed by atoms with E-state index >= 15 is 0 Å². The molecule has 0 bridgehead atoms. The van der Waals surface area contributed by atoms with Crippen LogP contribution in [0.5, 0.6) is 0 Å². The van der Waals surface area contributed by atoms with E-state index in [0.717, 1.165) is 0 Å². The maximum absolute atomic E-state index is 10.4. The zero-order valence-corrected chi connectivity index (χ0v) is 8.84. The van der Waals surface area contributed by atoms with E-state index in [4.69, 9.17) is 0 Å². The summed E-state index contributed by atoms with van der Waals surface area (Å²) >= 11 is 0. The first-order chi connectivity index (χ1) is 7.70. The molecule has 0 aromatic rings. The van der Waals surface area contributed by atoms with Crippen LogP contribution in [0.25, 0.3) is 0 Å². The first-order valence-corrected chi connectivity index (χ1v) is 4.95. The zero-order chi connectivity index (χ0) is 12.0.